The fourth-order valence-electron chi connectivity index (χ4n) is 1.35. The molecule has 0 unspecified atom stereocenters. The highest BCUT2D eigenvalue weighted by Gasteiger charge is 2.12. The number of hydrogen-bond donors (Lipinski definition) is 1. The molecule has 12 heavy (non-hydrogen) atoms. The maximum atomic E-state index is 5.83. The van der Waals surface area contributed by atoms with Crippen LogP contribution in [0.2, 0.25) is 5.02 Å². The summed E-state index contributed by atoms with van der Waals surface area (Å²) in [6.07, 6.45) is 0.854. The van der Waals surface area contributed by atoms with Gasteiger partial charge in [0, 0.05) is 23.7 Å². The maximum Gasteiger partial charge on any atom is 0.0666 e. The lowest BCUT2D eigenvalue weighted by atomic mass is 10.1. The fourth-order valence-corrected chi connectivity index (χ4v) is 1.55. The molecule has 2 N–H and O–H groups in total. The molecule has 1 aromatic rings. The SMILES string of the molecule is NCC1=Nc2ccc(Cl)cc2C1. The van der Waals surface area contributed by atoms with Gasteiger partial charge in [-0.25, -0.2) is 0 Å². The van der Waals surface area contributed by atoms with E-state index in [1.807, 2.05) is 18.2 Å². The van der Waals surface area contributed by atoms with Gasteiger partial charge in [-0.05, 0) is 23.8 Å². The molecule has 2 rings (SSSR count). The monoisotopic (exact) mass is 180 g/mol. The van der Waals surface area contributed by atoms with Crippen molar-refractivity contribution in [3.63, 3.8) is 0 Å². The van der Waals surface area contributed by atoms with Crippen LogP contribution in [0.3, 0.4) is 0 Å². The zero-order chi connectivity index (χ0) is 8.55. The lowest BCUT2D eigenvalue weighted by Gasteiger charge is -1.95. The van der Waals surface area contributed by atoms with Crippen molar-refractivity contribution in [1.29, 1.82) is 0 Å². The molecule has 0 aromatic heterocycles. The largest absolute Gasteiger partial charge is 0.325 e. The minimum absolute atomic E-state index is 0.534. The van der Waals surface area contributed by atoms with Crippen LogP contribution in [0, 0.1) is 0 Å². The molecule has 0 saturated heterocycles. The van der Waals surface area contributed by atoms with Crippen molar-refractivity contribution in [2.24, 2.45) is 10.7 Å². The Morgan fingerprint density at radius 3 is 3.08 bits per heavy atom. The third-order valence-electron chi connectivity index (χ3n) is 1.95. The van der Waals surface area contributed by atoms with E-state index < -0.39 is 0 Å². The lowest BCUT2D eigenvalue weighted by Crippen LogP contribution is -2.12. The summed E-state index contributed by atoms with van der Waals surface area (Å²) < 4.78 is 0. The van der Waals surface area contributed by atoms with Gasteiger partial charge in [-0.15, -0.1) is 0 Å². The maximum absolute atomic E-state index is 5.83. The molecular formula is C9H9ClN2. The molecule has 3 heteroatoms. The number of nitrogens with two attached hydrogens (primary N) is 1. The standard InChI is InChI=1S/C9H9ClN2/c10-7-1-2-9-6(3-7)4-8(5-11)12-9/h1-3H,4-5,11H2. The van der Waals surface area contributed by atoms with Gasteiger partial charge in [-0.1, -0.05) is 11.6 Å². The zero-order valence-corrected chi connectivity index (χ0v) is 7.30. The Labute approximate surface area is 76.1 Å². The number of nitrogens with zero attached hydrogens (tertiary/aromatic N) is 1. The molecule has 0 atom stereocenters. The number of aliphatic imine (C=N–C) groups is 1. The van der Waals surface area contributed by atoms with Gasteiger partial charge in [0.25, 0.3) is 0 Å². The van der Waals surface area contributed by atoms with Crippen molar-refractivity contribution in [3.05, 3.63) is 28.8 Å². The first-order valence-corrected chi connectivity index (χ1v) is 4.22. The van der Waals surface area contributed by atoms with E-state index in [-0.39, 0.29) is 0 Å². The summed E-state index contributed by atoms with van der Waals surface area (Å²) in [4.78, 5) is 4.34. The van der Waals surface area contributed by atoms with Gasteiger partial charge in [0.05, 0.1) is 5.69 Å². The minimum Gasteiger partial charge on any atom is -0.325 e. The van der Waals surface area contributed by atoms with Crippen LogP contribution in [0.4, 0.5) is 5.69 Å². The van der Waals surface area contributed by atoms with Crippen LogP contribution in [-0.2, 0) is 6.42 Å². The Kier molecular flexibility index (Phi) is 1.87. The molecule has 0 radical (unpaired) electrons. The summed E-state index contributed by atoms with van der Waals surface area (Å²) >= 11 is 5.83. The Morgan fingerprint density at radius 2 is 2.33 bits per heavy atom. The molecule has 0 fully saturated rings. The average molecular weight is 181 g/mol. The summed E-state index contributed by atoms with van der Waals surface area (Å²) in [6.45, 7) is 0.534. The predicted octanol–water partition coefficient (Wildman–Crippen LogP) is 1.93. The molecular weight excluding hydrogens is 172 g/mol. The van der Waals surface area contributed by atoms with Crippen LogP contribution in [0.5, 0.6) is 0 Å². The summed E-state index contributed by atoms with van der Waals surface area (Å²) in [5.74, 6) is 0. The second-order valence-corrected chi connectivity index (χ2v) is 3.27. The van der Waals surface area contributed by atoms with Crippen LogP contribution < -0.4 is 5.73 Å². The highest BCUT2D eigenvalue weighted by Crippen LogP contribution is 2.28. The fraction of sp³-hybridized carbons (Fsp3) is 0.222. The van der Waals surface area contributed by atoms with Crippen molar-refractivity contribution < 1.29 is 0 Å². The second-order valence-electron chi connectivity index (χ2n) is 2.83. The Morgan fingerprint density at radius 1 is 1.50 bits per heavy atom. The molecule has 1 heterocycles. The highest BCUT2D eigenvalue weighted by molar-refractivity contribution is 6.30. The summed E-state index contributed by atoms with van der Waals surface area (Å²) in [7, 11) is 0. The van der Waals surface area contributed by atoms with E-state index in [1.54, 1.807) is 0 Å². The molecule has 0 aliphatic carbocycles. The van der Waals surface area contributed by atoms with Gasteiger partial charge < -0.3 is 5.73 Å². The zero-order valence-electron chi connectivity index (χ0n) is 6.55. The molecule has 1 aromatic carbocycles. The quantitative estimate of drug-likeness (QED) is 0.705. The summed E-state index contributed by atoms with van der Waals surface area (Å²) in [6, 6.07) is 5.73. The van der Waals surface area contributed by atoms with E-state index in [1.165, 1.54) is 5.56 Å². The van der Waals surface area contributed by atoms with E-state index in [2.05, 4.69) is 4.99 Å². The smallest absolute Gasteiger partial charge is 0.0666 e. The predicted molar refractivity (Wildman–Crippen MR) is 51.3 cm³/mol. The van der Waals surface area contributed by atoms with Crippen LogP contribution in [0.15, 0.2) is 23.2 Å². The molecule has 0 saturated carbocycles. The second kappa shape index (κ2) is 2.88. The molecule has 1 aliphatic heterocycles. The van der Waals surface area contributed by atoms with E-state index in [0.717, 1.165) is 22.8 Å². The first-order chi connectivity index (χ1) is 5.79. The topological polar surface area (TPSA) is 38.4 Å². The van der Waals surface area contributed by atoms with Crippen LogP contribution in [0.1, 0.15) is 5.56 Å². The number of halogens is 1. The van der Waals surface area contributed by atoms with Crippen molar-refractivity contribution in [2.75, 3.05) is 6.54 Å². The number of fused-ring (bicyclic) bond motifs is 1. The van der Waals surface area contributed by atoms with Gasteiger partial charge in [0.2, 0.25) is 0 Å². The van der Waals surface area contributed by atoms with Gasteiger partial charge >= 0.3 is 0 Å². The van der Waals surface area contributed by atoms with E-state index in [0.29, 0.717) is 6.54 Å². The Balaban J connectivity index is 2.40. The first kappa shape index (κ1) is 7.77. The lowest BCUT2D eigenvalue weighted by molar-refractivity contribution is 1.25. The van der Waals surface area contributed by atoms with Crippen LogP contribution in [0.25, 0.3) is 0 Å². The highest BCUT2D eigenvalue weighted by atomic mass is 35.5. The molecule has 62 valence electrons. The van der Waals surface area contributed by atoms with Crippen molar-refractivity contribution >= 4 is 23.0 Å². The average Bonchev–Trinajstić information content (AvgIpc) is 2.46. The number of hydrogen-bond acceptors (Lipinski definition) is 2. The van der Waals surface area contributed by atoms with Crippen molar-refractivity contribution in [1.82, 2.24) is 0 Å². The Bertz CT molecular complexity index is 344. The first-order valence-electron chi connectivity index (χ1n) is 3.84. The van der Waals surface area contributed by atoms with Gasteiger partial charge in [0.15, 0.2) is 0 Å². The van der Waals surface area contributed by atoms with Gasteiger partial charge in [-0.3, -0.25) is 4.99 Å². The Hall–Kier alpha value is -0.860. The molecule has 1 aliphatic rings. The van der Waals surface area contributed by atoms with E-state index in [4.69, 9.17) is 17.3 Å². The van der Waals surface area contributed by atoms with Crippen LogP contribution >= 0.6 is 11.6 Å². The van der Waals surface area contributed by atoms with Gasteiger partial charge in [-0.2, -0.15) is 0 Å². The van der Waals surface area contributed by atoms with E-state index >= 15 is 0 Å². The van der Waals surface area contributed by atoms with Crippen molar-refractivity contribution in [2.45, 2.75) is 6.42 Å². The molecule has 0 bridgehead atoms. The number of benzene rings is 1. The summed E-state index contributed by atoms with van der Waals surface area (Å²) in [5, 5.41) is 0.766. The third kappa shape index (κ3) is 1.24. The van der Waals surface area contributed by atoms with Crippen molar-refractivity contribution in [3.8, 4) is 0 Å². The van der Waals surface area contributed by atoms with Gasteiger partial charge in [0.1, 0.15) is 0 Å². The molecule has 0 amide bonds. The van der Waals surface area contributed by atoms with E-state index in [9.17, 15) is 0 Å². The minimum atomic E-state index is 0.534. The normalized spacial score (nSPS) is 14.3. The van der Waals surface area contributed by atoms with Crippen LogP contribution in [-0.4, -0.2) is 12.3 Å². The number of rotatable bonds is 1. The molecule has 2 nitrogen and oxygen atoms in total. The molecule has 0 spiro atoms. The summed E-state index contributed by atoms with van der Waals surface area (Å²) in [5.41, 5.74) is 8.72. The third-order valence-corrected chi connectivity index (χ3v) is 2.19.